The summed E-state index contributed by atoms with van der Waals surface area (Å²) in [5.41, 5.74) is 11.4. The van der Waals surface area contributed by atoms with Crippen LogP contribution in [0.1, 0.15) is 47.6 Å². The van der Waals surface area contributed by atoms with Gasteiger partial charge in [0.25, 0.3) is 0 Å². The van der Waals surface area contributed by atoms with Gasteiger partial charge >= 0.3 is 0 Å². The Morgan fingerprint density at radius 3 is 2.62 bits per heavy atom. The second-order valence-corrected chi connectivity index (χ2v) is 6.95. The molecule has 3 N–H and O–H groups in total. The van der Waals surface area contributed by atoms with Crippen molar-refractivity contribution in [2.75, 3.05) is 19.0 Å². The fourth-order valence-corrected chi connectivity index (χ4v) is 3.78. The quantitative estimate of drug-likeness (QED) is 0.808. The highest BCUT2D eigenvalue weighted by atomic mass is 16.5. The first-order valence-electron chi connectivity index (χ1n) is 9.32. The Balaban J connectivity index is 2.41. The molecule has 0 aliphatic carbocycles. The van der Waals surface area contributed by atoms with E-state index in [1.165, 1.54) is 7.11 Å². The average molecular weight is 392 g/mol. The van der Waals surface area contributed by atoms with Gasteiger partial charge < -0.3 is 20.5 Å². The molecule has 0 saturated carbocycles. The number of primary amides is 1. The molecule has 0 saturated heterocycles. The number of anilines is 1. The Morgan fingerprint density at radius 1 is 1.31 bits per heavy atom. The summed E-state index contributed by atoms with van der Waals surface area (Å²) >= 11 is 0. The number of aromatic nitrogens is 1. The second kappa shape index (κ2) is 7.84. The topological polar surface area (TPSA) is 110 Å². The van der Waals surface area contributed by atoms with Crippen LogP contribution in [-0.4, -0.2) is 24.6 Å². The molecule has 1 amide bonds. The molecule has 2 heterocycles. The summed E-state index contributed by atoms with van der Waals surface area (Å²) in [4.78, 5) is 16.9. The van der Waals surface area contributed by atoms with Gasteiger partial charge in [-0.1, -0.05) is 6.07 Å². The number of aryl methyl sites for hydroxylation is 2. The van der Waals surface area contributed by atoms with Crippen molar-refractivity contribution in [3.63, 3.8) is 0 Å². The number of allylic oxidation sites excluding steroid dienone is 1. The number of nitrogens with one attached hydrogen (secondary N) is 1. The van der Waals surface area contributed by atoms with E-state index in [0.29, 0.717) is 35.1 Å². The molecular formula is C22H24N4O3. The number of methoxy groups -OCH3 is 1. The maximum atomic E-state index is 12.5. The molecule has 1 aromatic heterocycles. The summed E-state index contributed by atoms with van der Waals surface area (Å²) in [6.45, 7) is 7.91. The number of hydrogen-bond donors (Lipinski definition) is 2. The van der Waals surface area contributed by atoms with Crippen molar-refractivity contribution in [1.29, 1.82) is 5.26 Å². The van der Waals surface area contributed by atoms with Gasteiger partial charge in [-0.3, -0.25) is 4.79 Å². The lowest BCUT2D eigenvalue weighted by Gasteiger charge is -2.32. The van der Waals surface area contributed by atoms with Gasteiger partial charge in [0, 0.05) is 23.0 Å². The van der Waals surface area contributed by atoms with Gasteiger partial charge in [0.2, 0.25) is 11.8 Å². The second-order valence-electron chi connectivity index (χ2n) is 6.95. The summed E-state index contributed by atoms with van der Waals surface area (Å²) in [5.74, 6) is -0.154. The van der Waals surface area contributed by atoms with Crippen molar-refractivity contribution in [2.45, 2.75) is 33.6 Å². The third-order valence-corrected chi connectivity index (χ3v) is 5.12. The first-order valence-corrected chi connectivity index (χ1v) is 9.32. The highest BCUT2D eigenvalue weighted by molar-refractivity contribution is 5.98. The molecule has 1 aliphatic rings. The lowest BCUT2D eigenvalue weighted by molar-refractivity contribution is -0.114. The Kier molecular flexibility index (Phi) is 5.46. The van der Waals surface area contributed by atoms with Crippen LogP contribution in [0.3, 0.4) is 0 Å². The van der Waals surface area contributed by atoms with Crippen LogP contribution in [0.2, 0.25) is 0 Å². The van der Waals surface area contributed by atoms with Gasteiger partial charge in [0.05, 0.1) is 42.5 Å². The summed E-state index contributed by atoms with van der Waals surface area (Å²) < 4.78 is 11.4. The van der Waals surface area contributed by atoms with E-state index in [-0.39, 0.29) is 0 Å². The standard InChI is InChI=1S/C22H24N4O3/c1-6-29-22-19-18(15-7-11(2)14(9-23)8-16(15)28-5)17(21(24)27)13(4)26-20(19)12(3)10-25-22/h7-8,10,18,26H,6H2,1-5H3,(H2,24,27)/t18-/m1/s1. The number of amides is 1. The van der Waals surface area contributed by atoms with Crippen LogP contribution in [0, 0.1) is 25.2 Å². The fourth-order valence-electron chi connectivity index (χ4n) is 3.78. The average Bonchev–Trinajstić information content (AvgIpc) is 2.69. The van der Waals surface area contributed by atoms with Crippen molar-refractivity contribution in [3.05, 3.63) is 57.4 Å². The largest absolute Gasteiger partial charge is 0.496 e. The van der Waals surface area contributed by atoms with Crippen LogP contribution in [-0.2, 0) is 4.79 Å². The van der Waals surface area contributed by atoms with Gasteiger partial charge in [-0.15, -0.1) is 0 Å². The number of pyridine rings is 1. The van der Waals surface area contributed by atoms with E-state index in [0.717, 1.165) is 27.9 Å². The molecule has 1 atom stereocenters. The lowest BCUT2D eigenvalue weighted by Crippen LogP contribution is -2.28. The van der Waals surface area contributed by atoms with E-state index in [2.05, 4.69) is 16.4 Å². The maximum Gasteiger partial charge on any atom is 0.247 e. The number of benzene rings is 1. The summed E-state index contributed by atoms with van der Waals surface area (Å²) in [6, 6.07) is 5.72. The van der Waals surface area contributed by atoms with Crippen LogP contribution in [0.5, 0.6) is 11.6 Å². The number of nitriles is 1. The normalized spacial score (nSPS) is 15.2. The number of carbonyl (C=O) groups is 1. The van der Waals surface area contributed by atoms with Gasteiger partial charge in [-0.2, -0.15) is 5.26 Å². The molecule has 29 heavy (non-hydrogen) atoms. The van der Waals surface area contributed by atoms with E-state index >= 15 is 0 Å². The van der Waals surface area contributed by atoms with Crippen molar-refractivity contribution < 1.29 is 14.3 Å². The first kappa shape index (κ1) is 20.2. The van der Waals surface area contributed by atoms with Crippen LogP contribution >= 0.6 is 0 Å². The number of nitrogens with zero attached hydrogens (tertiary/aromatic N) is 2. The molecule has 0 spiro atoms. The number of nitrogens with two attached hydrogens (primary N) is 1. The molecule has 3 rings (SSSR count). The van der Waals surface area contributed by atoms with Crippen LogP contribution in [0.15, 0.2) is 29.6 Å². The SMILES string of the molecule is CCOc1ncc(C)c2c1[C@H](c1cc(C)c(C#N)cc1OC)C(C(N)=O)=C(C)N2. The van der Waals surface area contributed by atoms with Crippen molar-refractivity contribution in [1.82, 2.24) is 4.98 Å². The third kappa shape index (κ3) is 3.38. The highest BCUT2D eigenvalue weighted by Gasteiger charge is 2.37. The Labute approximate surface area is 170 Å². The lowest BCUT2D eigenvalue weighted by atomic mass is 9.79. The Morgan fingerprint density at radius 2 is 2.03 bits per heavy atom. The third-order valence-electron chi connectivity index (χ3n) is 5.12. The summed E-state index contributed by atoms with van der Waals surface area (Å²) in [5, 5.41) is 12.7. The van der Waals surface area contributed by atoms with E-state index < -0.39 is 11.8 Å². The minimum absolute atomic E-state index is 0.410. The number of hydrogen-bond acceptors (Lipinski definition) is 6. The van der Waals surface area contributed by atoms with Crippen LogP contribution in [0.4, 0.5) is 5.69 Å². The first-order chi connectivity index (χ1) is 13.8. The molecule has 0 fully saturated rings. The Hall–Kier alpha value is -3.53. The fraction of sp³-hybridized carbons (Fsp3) is 0.318. The van der Waals surface area contributed by atoms with Crippen molar-refractivity contribution in [2.24, 2.45) is 5.73 Å². The van der Waals surface area contributed by atoms with E-state index in [4.69, 9.17) is 15.2 Å². The number of ether oxygens (including phenoxy) is 2. The van der Waals surface area contributed by atoms with Crippen molar-refractivity contribution >= 4 is 11.6 Å². The molecule has 150 valence electrons. The Bertz CT molecular complexity index is 1070. The van der Waals surface area contributed by atoms with Gasteiger partial charge in [0.15, 0.2) is 0 Å². The minimum atomic E-state index is -0.543. The predicted octanol–water partition coefficient (Wildman–Crippen LogP) is 3.29. The molecule has 7 nitrogen and oxygen atoms in total. The van der Waals surface area contributed by atoms with Gasteiger partial charge in [-0.05, 0) is 44.9 Å². The molecule has 0 unspecified atom stereocenters. The monoisotopic (exact) mass is 392 g/mol. The number of carbonyl (C=O) groups excluding carboxylic acids is 1. The summed E-state index contributed by atoms with van der Waals surface area (Å²) in [7, 11) is 1.54. The van der Waals surface area contributed by atoms with Gasteiger partial charge in [0.1, 0.15) is 5.75 Å². The molecule has 1 aliphatic heterocycles. The van der Waals surface area contributed by atoms with Crippen LogP contribution < -0.4 is 20.5 Å². The zero-order valence-electron chi connectivity index (χ0n) is 17.2. The van der Waals surface area contributed by atoms with Crippen LogP contribution in [0.25, 0.3) is 0 Å². The molecular weight excluding hydrogens is 368 g/mol. The molecule has 7 heteroatoms. The zero-order valence-corrected chi connectivity index (χ0v) is 17.2. The molecule has 2 aromatic rings. The zero-order chi connectivity index (χ0) is 21.3. The molecule has 0 radical (unpaired) electrons. The predicted molar refractivity (Wildman–Crippen MR) is 110 cm³/mol. The minimum Gasteiger partial charge on any atom is -0.496 e. The highest BCUT2D eigenvalue weighted by Crippen LogP contribution is 2.49. The maximum absolute atomic E-state index is 12.5. The summed E-state index contributed by atoms with van der Waals surface area (Å²) in [6.07, 6.45) is 1.73. The molecule has 0 bridgehead atoms. The van der Waals surface area contributed by atoms with Gasteiger partial charge in [-0.25, -0.2) is 4.98 Å². The van der Waals surface area contributed by atoms with E-state index in [9.17, 15) is 10.1 Å². The smallest absolute Gasteiger partial charge is 0.247 e. The number of fused-ring (bicyclic) bond motifs is 1. The van der Waals surface area contributed by atoms with E-state index in [1.807, 2.05) is 33.8 Å². The number of rotatable bonds is 5. The molecule has 1 aromatic carbocycles. The van der Waals surface area contributed by atoms with Crippen molar-refractivity contribution in [3.8, 4) is 17.7 Å². The van der Waals surface area contributed by atoms with E-state index in [1.54, 1.807) is 12.3 Å².